The number of benzene rings is 2. The van der Waals surface area contributed by atoms with E-state index in [1.54, 1.807) is 18.2 Å². The molecule has 0 atom stereocenters. The first kappa shape index (κ1) is 17.8. The normalized spacial score (nSPS) is 15.4. The fourth-order valence-corrected chi connectivity index (χ4v) is 6.63. The largest absolute Gasteiger partial charge is 0.295 e. The summed E-state index contributed by atoms with van der Waals surface area (Å²) in [5.74, 6) is 0. The van der Waals surface area contributed by atoms with E-state index in [1.807, 2.05) is 0 Å². The summed E-state index contributed by atoms with van der Waals surface area (Å²) in [4.78, 5) is -0.553. The van der Waals surface area contributed by atoms with Gasteiger partial charge in [-0.15, -0.1) is 7.28 Å². The molecule has 0 aliphatic rings. The van der Waals surface area contributed by atoms with E-state index in [-0.39, 0.29) is 25.0 Å². The van der Waals surface area contributed by atoms with Crippen molar-refractivity contribution in [2.45, 2.75) is 9.79 Å². The second-order valence-corrected chi connectivity index (χ2v) is 14.0. The monoisotopic (exact) mass is 426 g/mol. The number of hydrogen-bond donors (Lipinski definition) is 2. The topological polar surface area (TPSA) is 40.5 Å². The Morgan fingerprint density at radius 3 is 1.81 bits per heavy atom. The lowest BCUT2D eigenvalue weighted by molar-refractivity contribution is 0.467. The predicted molar refractivity (Wildman–Crippen MR) is 94.0 cm³/mol. The molecule has 2 aromatic carbocycles. The van der Waals surface area contributed by atoms with E-state index in [0.29, 0.717) is 0 Å². The van der Waals surface area contributed by atoms with E-state index in [0.717, 1.165) is 6.07 Å². The maximum atomic E-state index is 10.9. The molecule has 9 heteroatoms. The van der Waals surface area contributed by atoms with Gasteiger partial charge in [0.15, 0.2) is 0 Å². The Kier molecular flexibility index (Phi) is 4.21. The van der Waals surface area contributed by atoms with Crippen LogP contribution in [0.3, 0.4) is 0 Å². The van der Waals surface area contributed by atoms with Gasteiger partial charge in [0.05, 0.1) is 29.9 Å². The van der Waals surface area contributed by atoms with E-state index in [9.17, 15) is 9.11 Å². The van der Waals surface area contributed by atoms with Crippen molar-refractivity contribution in [1.29, 1.82) is 0 Å². The second-order valence-electron chi connectivity index (χ2n) is 4.30. The Balaban J connectivity index is 2.93. The summed E-state index contributed by atoms with van der Waals surface area (Å²) < 4.78 is 21.7. The smallest absolute Gasteiger partial charge is 0.0836 e. The van der Waals surface area contributed by atoms with Crippen molar-refractivity contribution < 1.29 is 9.11 Å². The van der Waals surface area contributed by atoms with Crippen LogP contribution in [0.15, 0.2) is 46.2 Å². The Morgan fingerprint density at radius 1 is 0.762 bits per heavy atom. The SMILES string of the molecule is OS(O)(Cl)(Cl)(c1ccccc1)c1cc(Cl)c(Cl)c(Cl)c1Cl. The summed E-state index contributed by atoms with van der Waals surface area (Å²) in [5.41, 5.74) is 0. The molecule has 0 bridgehead atoms. The minimum Gasteiger partial charge on any atom is -0.295 e. The Bertz CT molecular complexity index is 726. The van der Waals surface area contributed by atoms with Gasteiger partial charge in [0.2, 0.25) is 0 Å². The molecular weight excluding hydrogens is 421 g/mol. The van der Waals surface area contributed by atoms with Crippen molar-refractivity contribution >= 4 is 75.1 Å². The van der Waals surface area contributed by atoms with Gasteiger partial charge >= 0.3 is 0 Å². The zero-order valence-electron chi connectivity index (χ0n) is 10.0. The van der Waals surface area contributed by atoms with Crippen molar-refractivity contribution in [1.82, 2.24) is 0 Å². The molecule has 0 aliphatic heterocycles. The minimum absolute atomic E-state index is 0.0399. The molecule has 0 heterocycles. The minimum atomic E-state index is -5.94. The van der Waals surface area contributed by atoms with Crippen LogP contribution in [-0.4, -0.2) is 9.11 Å². The zero-order chi connectivity index (χ0) is 16.1. The van der Waals surface area contributed by atoms with Gasteiger partial charge < -0.3 is 0 Å². The highest BCUT2D eigenvalue weighted by Gasteiger charge is 2.52. The average Bonchev–Trinajstić information content (AvgIpc) is 2.40. The Labute approximate surface area is 149 Å². The maximum absolute atomic E-state index is 10.9. The summed E-state index contributed by atoms with van der Waals surface area (Å²) in [6, 6.07) is 8.54. The highest BCUT2D eigenvalue weighted by Crippen LogP contribution is 3.01. The number of halogens is 6. The van der Waals surface area contributed by atoms with Gasteiger partial charge in [0.1, 0.15) is 0 Å². The van der Waals surface area contributed by atoms with Gasteiger partial charge in [-0.2, -0.15) is 0 Å². The summed E-state index contributed by atoms with van der Waals surface area (Å²) in [5, 5.41) is -0.564. The molecule has 0 aliphatic carbocycles. The van der Waals surface area contributed by atoms with Crippen LogP contribution in [0.2, 0.25) is 20.1 Å². The quantitative estimate of drug-likeness (QED) is 0.377. The summed E-state index contributed by atoms with van der Waals surface area (Å²) in [6.07, 6.45) is 0. The molecule has 0 saturated carbocycles. The summed E-state index contributed by atoms with van der Waals surface area (Å²) in [6.45, 7) is 0. The van der Waals surface area contributed by atoms with Gasteiger partial charge in [-0.25, -0.2) is 0 Å². The zero-order valence-corrected chi connectivity index (χ0v) is 15.4. The third-order valence-corrected chi connectivity index (χ3v) is 9.28. The van der Waals surface area contributed by atoms with Gasteiger partial charge in [-0.1, -0.05) is 64.6 Å². The van der Waals surface area contributed by atoms with E-state index < -0.39 is 12.2 Å². The molecule has 0 radical (unpaired) electrons. The lowest BCUT2D eigenvalue weighted by Gasteiger charge is -2.67. The molecule has 2 N–H and O–H groups in total. The van der Waals surface area contributed by atoms with Crippen molar-refractivity contribution in [2.24, 2.45) is 0 Å². The first-order valence-electron chi connectivity index (χ1n) is 5.33. The van der Waals surface area contributed by atoms with Crippen molar-refractivity contribution in [2.75, 3.05) is 0 Å². The van der Waals surface area contributed by atoms with Gasteiger partial charge in [-0.05, 0) is 18.2 Å². The van der Waals surface area contributed by atoms with Crippen molar-refractivity contribution in [3.8, 4) is 0 Å². The van der Waals surface area contributed by atoms with Crippen LogP contribution in [0.5, 0.6) is 0 Å². The molecule has 2 aromatic rings. The molecule has 2 nitrogen and oxygen atoms in total. The Hall–Kier alpha value is 0.450. The second kappa shape index (κ2) is 4.97. The standard InChI is InChI=1S/C12H8Cl6O2S/c13-8-6-9(11(15)12(16)10(8)14)21(17,18,19,20)7-4-2-1-3-5-7/h1-6,19-20H. The first-order valence-corrected chi connectivity index (χ1v) is 10.9. The highest BCUT2D eigenvalue weighted by molar-refractivity contribution is 8.85. The Morgan fingerprint density at radius 2 is 1.29 bits per heavy atom. The van der Waals surface area contributed by atoms with Gasteiger partial charge in [0, 0.05) is 21.4 Å². The molecule has 0 spiro atoms. The maximum Gasteiger partial charge on any atom is 0.0836 e. The van der Waals surface area contributed by atoms with E-state index in [4.69, 9.17) is 67.8 Å². The van der Waals surface area contributed by atoms with Crippen molar-refractivity contribution in [3.05, 3.63) is 56.5 Å². The lowest BCUT2D eigenvalue weighted by atomic mass is 10.3. The molecule has 0 fully saturated rings. The lowest BCUT2D eigenvalue weighted by Crippen LogP contribution is -2.23. The molecule has 21 heavy (non-hydrogen) atoms. The molecular formula is C12H8Cl6O2S. The van der Waals surface area contributed by atoms with Gasteiger partial charge in [-0.3, -0.25) is 9.11 Å². The fourth-order valence-electron chi connectivity index (χ4n) is 1.71. The summed E-state index contributed by atoms with van der Waals surface area (Å²) in [7, 11) is 6.36. The van der Waals surface area contributed by atoms with E-state index in [1.165, 1.54) is 12.1 Å². The molecule has 116 valence electrons. The highest BCUT2D eigenvalue weighted by atomic mass is 36.0. The molecule has 0 aromatic heterocycles. The third-order valence-electron chi connectivity index (χ3n) is 2.79. The molecule has 2 rings (SSSR count). The van der Waals surface area contributed by atoms with Crippen molar-refractivity contribution in [3.63, 3.8) is 0 Å². The average molecular weight is 429 g/mol. The van der Waals surface area contributed by atoms with Crippen LogP contribution < -0.4 is 0 Å². The van der Waals surface area contributed by atoms with Gasteiger partial charge in [0.25, 0.3) is 0 Å². The first-order chi connectivity index (χ1) is 9.38. The molecule has 0 amide bonds. The van der Waals surface area contributed by atoms with Crippen LogP contribution >= 0.6 is 75.1 Å². The number of hydrogen-bond acceptors (Lipinski definition) is 2. The van der Waals surface area contributed by atoms with Crippen LogP contribution in [0.25, 0.3) is 0 Å². The fraction of sp³-hybridized carbons (Fsp3) is 0. The molecule has 0 unspecified atom stereocenters. The number of rotatable bonds is 2. The van der Waals surface area contributed by atoms with Crippen LogP contribution in [0.4, 0.5) is 0 Å². The third kappa shape index (κ3) is 2.97. The molecule has 0 saturated heterocycles. The van der Waals surface area contributed by atoms with E-state index in [2.05, 4.69) is 0 Å². The van der Waals surface area contributed by atoms with E-state index >= 15 is 0 Å². The predicted octanol–water partition coefficient (Wildman–Crippen LogP) is 7.85. The summed E-state index contributed by atoms with van der Waals surface area (Å²) >= 11 is 23.8. The van der Waals surface area contributed by atoms with Crippen LogP contribution in [0, 0.1) is 0 Å². The van der Waals surface area contributed by atoms with Crippen LogP contribution in [0.1, 0.15) is 0 Å². The van der Waals surface area contributed by atoms with Crippen LogP contribution in [-0.2, 0) is 0 Å².